The molecular weight excluding hydrogens is 372 g/mol. The van der Waals surface area contributed by atoms with Crippen LogP contribution >= 0.6 is 0 Å². The number of benzene rings is 1. The van der Waals surface area contributed by atoms with Gasteiger partial charge in [0, 0.05) is 33.2 Å². The van der Waals surface area contributed by atoms with Crippen molar-refractivity contribution in [2.24, 2.45) is 7.05 Å². The Morgan fingerprint density at radius 3 is 2.66 bits per heavy atom. The third-order valence-corrected chi connectivity index (χ3v) is 5.06. The molecule has 1 fully saturated rings. The molecule has 9 heteroatoms. The van der Waals surface area contributed by atoms with E-state index in [1.807, 2.05) is 37.1 Å². The average Bonchev–Trinajstić information content (AvgIpc) is 2.99. The number of aromatic nitrogens is 4. The molecule has 0 spiro atoms. The predicted octanol–water partition coefficient (Wildman–Crippen LogP) is 1.57. The molecule has 0 aliphatic carbocycles. The van der Waals surface area contributed by atoms with Crippen LogP contribution < -0.4 is 15.1 Å². The number of nitrogens with one attached hydrogen (secondary N) is 1. The van der Waals surface area contributed by atoms with Crippen molar-refractivity contribution in [2.45, 2.75) is 13.8 Å². The molecule has 1 aromatic carbocycles. The van der Waals surface area contributed by atoms with Crippen LogP contribution in [0, 0.1) is 6.92 Å². The fourth-order valence-electron chi connectivity index (χ4n) is 3.53. The Morgan fingerprint density at radius 2 is 1.93 bits per heavy atom. The molecule has 3 aromatic rings. The Morgan fingerprint density at radius 1 is 1.17 bits per heavy atom. The summed E-state index contributed by atoms with van der Waals surface area (Å²) < 4.78 is 7.33. The van der Waals surface area contributed by atoms with E-state index >= 15 is 0 Å². The van der Waals surface area contributed by atoms with E-state index in [9.17, 15) is 4.79 Å². The van der Waals surface area contributed by atoms with Gasteiger partial charge in [-0.1, -0.05) is 0 Å². The zero-order chi connectivity index (χ0) is 20.5. The molecule has 0 radical (unpaired) electrons. The lowest BCUT2D eigenvalue weighted by Gasteiger charge is -2.31. The van der Waals surface area contributed by atoms with Crippen molar-refractivity contribution >= 4 is 11.0 Å². The van der Waals surface area contributed by atoms with Crippen molar-refractivity contribution in [1.82, 2.24) is 29.7 Å². The van der Waals surface area contributed by atoms with Gasteiger partial charge in [0.15, 0.2) is 5.52 Å². The summed E-state index contributed by atoms with van der Waals surface area (Å²) in [7, 11) is 3.84. The molecule has 0 atom stereocenters. The van der Waals surface area contributed by atoms with E-state index in [1.54, 1.807) is 11.7 Å². The molecule has 154 valence electrons. The van der Waals surface area contributed by atoms with E-state index in [1.165, 1.54) is 0 Å². The highest BCUT2D eigenvalue weighted by atomic mass is 16.7. The summed E-state index contributed by atoms with van der Waals surface area (Å²) in [5, 5.41) is 6.26. The molecule has 9 nitrogen and oxygen atoms in total. The molecular formula is C20H26N6O3. The van der Waals surface area contributed by atoms with Crippen LogP contribution in [0.2, 0.25) is 0 Å². The van der Waals surface area contributed by atoms with Crippen LogP contribution in [-0.4, -0.2) is 69.5 Å². The van der Waals surface area contributed by atoms with E-state index in [0.29, 0.717) is 46.2 Å². The standard InChI is InChI=1S/C20H26N6O3/c1-5-28-16-7-6-14(29-26-10-8-24(3)9-11-26)12-15(16)19-21-17-13(2)23-25(4)18(17)20(27)22-19/h6-7,12H,5,8-11H2,1-4H3,(H,21,22,27). The second-order valence-corrected chi connectivity index (χ2v) is 7.24. The quantitative estimate of drug-likeness (QED) is 0.698. The number of likely N-dealkylation sites (N-methyl/N-ethyl adjacent to an activating group) is 1. The Labute approximate surface area is 168 Å². The lowest BCUT2D eigenvalue weighted by molar-refractivity contribution is -0.0849. The van der Waals surface area contributed by atoms with Crippen LogP contribution in [0.4, 0.5) is 0 Å². The lowest BCUT2D eigenvalue weighted by Crippen LogP contribution is -2.45. The summed E-state index contributed by atoms with van der Waals surface area (Å²) in [5.41, 5.74) is 2.19. The van der Waals surface area contributed by atoms with Crippen molar-refractivity contribution in [3.05, 3.63) is 34.2 Å². The lowest BCUT2D eigenvalue weighted by atomic mass is 10.1. The third-order valence-electron chi connectivity index (χ3n) is 5.06. The first-order chi connectivity index (χ1) is 14.0. The highest BCUT2D eigenvalue weighted by molar-refractivity contribution is 5.79. The summed E-state index contributed by atoms with van der Waals surface area (Å²) in [5.74, 6) is 1.76. The maximum absolute atomic E-state index is 12.7. The minimum absolute atomic E-state index is 0.235. The zero-order valence-electron chi connectivity index (χ0n) is 17.2. The summed E-state index contributed by atoms with van der Waals surface area (Å²) in [6.45, 7) is 7.83. The topological polar surface area (TPSA) is 88.5 Å². The number of fused-ring (bicyclic) bond motifs is 1. The molecule has 0 saturated carbocycles. The van der Waals surface area contributed by atoms with Gasteiger partial charge >= 0.3 is 0 Å². The highest BCUT2D eigenvalue weighted by Gasteiger charge is 2.19. The van der Waals surface area contributed by atoms with Crippen LogP contribution in [0.3, 0.4) is 0 Å². The molecule has 4 rings (SSSR count). The first-order valence-corrected chi connectivity index (χ1v) is 9.78. The maximum Gasteiger partial charge on any atom is 0.277 e. The normalized spacial score (nSPS) is 15.7. The monoisotopic (exact) mass is 398 g/mol. The summed E-state index contributed by atoms with van der Waals surface area (Å²) in [4.78, 5) is 28.5. The maximum atomic E-state index is 12.7. The van der Waals surface area contributed by atoms with E-state index < -0.39 is 0 Å². The van der Waals surface area contributed by atoms with Crippen molar-refractivity contribution < 1.29 is 9.57 Å². The Kier molecular flexibility index (Phi) is 5.25. The first-order valence-electron chi connectivity index (χ1n) is 9.78. The molecule has 0 bridgehead atoms. The molecule has 3 heterocycles. The molecule has 0 unspecified atom stereocenters. The Balaban J connectivity index is 1.74. The number of H-pyrrole nitrogens is 1. The van der Waals surface area contributed by atoms with Crippen molar-refractivity contribution in [3.63, 3.8) is 0 Å². The SMILES string of the molecule is CCOc1ccc(ON2CCN(C)CC2)cc1-c1nc2c(C)nn(C)c2c(=O)[nH]1. The average molecular weight is 398 g/mol. The van der Waals surface area contributed by atoms with Gasteiger partial charge in [-0.15, -0.1) is 5.06 Å². The van der Waals surface area contributed by atoms with Gasteiger partial charge in [0.1, 0.15) is 22.8 Å². The number of aromatic amines is 1. The number of nitrogens with zero attached hydrogens (tertiary/aromatic N) is 5. The van der Waals surface area contributed by atoms with Gasteiger partial charge < -0.3 is 19.5 Å². The van der Waals surface area contributed by atoms with Crippen LogP contribution in [-0.2, 0) is 7.05 Å². The molecule has 1 aliphatic heterocycles. The molecule has 1 N–H and O–H groups in total. The number of ether oxygens (including phenoxy) is 1. The largest absolute Gasteiger partial charge is 0.493 e. The Bertz CT molecular complexity index is 1080. The highest BCUT2D eigenvalue weighted by Crippen LogP contribution is 2.32. The van der Waals surface area contributed by atoms with Gasteiger partial charge in [-0.05, 0) is 39.1 Å². The minimum Gasteiger partial charge on any atom is -0.493 e. The molecule has 29 heavy (non-hydrogen) atoms. The van der Waals surface area contributed by atoms with Gasteiger partial charge in [-0.2, -0.15) is 5.10 Å². The van der Waals surface area contributed by atoms with E-state index in [-0.39, 0.29) is 5.56 Å². The molecule has 1 saturated heterocycles. The van der Waals surface area contributed by atoms with Gasteiger partial charge in [0.25, 0.3) is 5.56 Å². The number of rotatable bonds is 5. The van der Waals surface area contributed by atoms with E-state index in [2.05, 4.69) is 27.0 Å². The predicted molar refractivity (Wildman–Crippen MR) is 110 cm³/mol. The van der Waals surface area contributed by atoms with Crippen LogP contribution in [0.5, 0.6) is 11.5 Å². The Hall–Kier alpha value is -2.91. The number of hydrogen-bond acceptors (Lipinski definition) is 7. The summed E-state index contributed by atoms with van der Waals surface area (Å²) in [6, 6.07) is 5.59. The van der Waals surface area contributed by atoms with E-state index in [4.69, 9.17) is 9.57 Å². The minimum atomic E-state index is -0.235. The van der Waals surface area contributed by atoms with Crippen molar-refractivity contribution in [1.29, 1.82) is 0 Å². The molecule has 2 aromatic heterocycles. The van der Waals surface area contributed by atoms with Crippen molar-refractivity contribution in [3.8, 4) is 22.9 Å². The first kappa shape index (κ1) is 19.4. The van der Waals surface area contributed by atoms with Gasteiger partial charge in [-0.25, -0.2) is 4.98 Å². The van der Waals surface area contributed by atoms with E-state index in [0.717, 1.165) is 26.2 Å². The number of piperazine rings is 1. The number of hydrogen-bond donors (Lipinski definition) is 1. The second kappa shape index (κ2) is 7.84. The smallest absolute Gasteiger partial charge is 0.277 e. The molecule has 1 aliphatic rings. The number of hydroxylamine groups is 2. The van der Waals surface area contributed by atoms with Crippen LogP contribution in [0.15, 0.2) is 23.0 Å². The second-order valence-electron chi connectivity index (χ2n) is 7.24. The fraction of sp³-hybridized carbons (Fsp3) is 0.450. The van der Waals surface area contributed by atoms with Crippen molar-refractivity contribution in [2.75, 3.05) is 39.8 Å². The zero-order valence-corrected chi connectivity index (χ0v) is 17.2. The van der Waals surface area contributed by atoms with Gasteiger partial charge in [0.2, 0.25) is 0 Å². The summed E-state index contributed by atoms with van der Waals surface area (Å²) in [6.07, 6.45) is 0. The number of aryl methyl sites for hydroxylation is 2. The summed E-state index contributed by atoms with van der Waals surface area (Å²) >= 11 is 0. The van der Waals surface area contributed by atoms with Gasteiger partial charge in [-0.3, -0.25) is 9.48 Å². The van der Waals surface area contributed by atoms with Gasteiger partial charge in [0.05, 0.1) is 17.9 Å². The fourth-order valence-corrected chi connectivity index (χ4v) is 3.53. The molecule has 0 amide bonds. The van der Waals surface area contributed by atoms with Crippen LogP contribution in [0.1, 0.15) is 12.6 Å². The third kappa shape index (κ3) is 3.83. The van der Waals surface area contributed by atoms with Crippen LogP contribution in [0.25, 0.3) is 22.4 Å².